The van der Waals surface area contributed by atoms with E-state index in [0.29, 0.717) is 0 Å². The zero-order valence-corrected chi connectivity index (χ0v) is 10.6. The first kappa shape index (κ1) is 11.0. The third kappa shape index (κ3) is 2.75. The number of carbonyl (C=O) groups excluding carboxylic acids is 1. The van der Waals surface area contributed by atoms with Crippen LogP contribution in [0.2, 0.25) is 0 Å². The van der Waals surface area contributed by atoms with Crippen LogP contribution in [0.5, 0.6) is 0 Å². The normalized spacial score (nSPS) is 21.9. The van der Waals surface area contributed by atoms with Crippen LogP contribution in [0, 0.1) is 0 Å². The molecule has 0 radical (unpaired) electrons. The minimum atomic E-state index is -0.0411. The Hall–Kier alpha value is -0.480. The highest BCUT2D eigenvalue weighted by Gasteiger charge is 2.22. The fourth-order valence-electron chi connectivity index (χ4n) is 1.54. The Morgan fingerprint density at radius 1 is 1.33 bits per heavy atom. The van der Waals surface area contributed by atoms with Crippen molar-refractivity contribution in [3.05, 3.63) is 34.3 Å². The Labute approximate surface area is 102 Å². The van der Waals surface area contributed by atoms with E-state index in [0.717, 1.165) is 28.8 Å². The summed E-state index contributed by atoms with van der Waals surface area (Å²) in [6.07, 6.45) is 1.06. The number of benzene rings is 1. The van der Waals surface area contributed by atoms with Crippen molar-refractivity contribution in [3.8, 4) is 0 Å². The molecule has 1 N–H and O–H groups in total. The maximum absolute atomic E-state index is 11.8. The number of rotatable bonds is 1. The van der Waals surface area contributed by atoms with Crippen LogP contribution < -0.4 is 5.32 Å². The summed E-state index contributed by atoms with van der Waals surface area (Å²) in [5.74, 6) is 1.18. The molecule has 1 aliphatic rings. The van der Waals surface area contributed by atoms with E-state index in [1.807, 2.05) is 24.3 Å². The van der Waals surface area contributed by atoms with Crippen LogP contribution in [0.3, 0.4) is 0 Å². The third-order valence-corrected chi connectivity index (χ3v) is 4.19. The Morgan fingerprint density at radius 2 is 2.07 bits per heavy atom. The van der Waals surface area contributed by atoms with Crippen LogP contribution in [-0.2, 0) is 4.79 Å². The average molecular weight is 286 g/mol. The predicted molar refractivity (Wildman–Crippen MR) is 67.0 cm³/mol. The lowest BCUT2D eigenvalue weighted by Crippen LogP contribution is -2.26. The average Bonchev–Trinajstić information content (AvgIpc) is 2.44. The predicted octanol–water partition coefficient (Wildman–Crippen LogP) is 2.74. The molecule has 2 nitrogen and oxygen atoms in total. The summed E-state index contributed by atoms with van der Waals surface area (Å²) in [7, 11) is 0. The van der Waals surface area contributed by atoms with Crippen molar-refractivity contribution < 1.29 is 4.79 Å². The topological polar surface area (TPSA) is 29.1 Å². The molecule has 1 aliphatic heterocycles. The lowest BCUT2D eigenvalue weighted by Gasteiger charge is -2.12. The molecule has 0 unspecified atom stereocenters. The number of thioether (sulfide) groups is 1. The van der Waals surface area contributed by atoms with Gasteiger partial charge in [-0.15, -0.1) is 11.8 Å². The quantitative estimate of drug-likeness (QED) is 0.860. The largest absolute Gasteiger partial charge is 0.355 e. The Balaban J connectivity index is 2.20. The van der Waals surface area contributed by atoms with Gasteiger partial charge in [-0.25, -0.2) is 0 Å². The van der Waals surface area contributed by atoms with E-state index in [9.17, 15) is 4.79 Å². The van der Waals surface area contributed by atoms with Crippen molar-refractivity contribution in [1.82, 2.24) is 5.32 Å². The van der Waals surface area contributed by atoms with Crippen LogP contribution >= 0.6 is 27.7 Å². The highest BCUT2D eigenvalue weighted by Crippen LogP contribution is 2.31. The number of hydrogen-bond donors (Lipinski definition) is 1. The van der Waals surface area contributed by atoms with Gasteiger partial charge in [0.2, 0.25) is 5.91 Å². The van der Waals surface area contributed by atoms with E-state index in [1.54, 1.807) is 11.8 Å². The molecule has 2 rings (SSSR count). The van der Waals surface area contributed by atoms with Crippen LogP contribution in [0.4, 0.5) is 0 Å². The molecule has 1 heterocycles. The summed E-state index contributed by atoms with van der Waals surface area (Å²) in [6, 6.07) is 7.97. The lowest BCUT2D eigenvalue weighted by atomic mass is 10.1. The van der Waals surface area contributed by atoms with Crippen LogP contribution in [-0.4, -0.2) is 18.2 Å². The van der Waals surface area contributed by atoms with Gasteiger partial charge in [-0.05, 0) is 29.9 Å². The van der Waals surface area contributed by atoms with Gasteiger partial charge >= 0.3 is 0 Å². The first-order valence-corrected chi connectivity index (χ1v) is 6.76. The number of carbonyl (C=O) groups is 1. The van der Waals surface area contributed by atoms with Gasteiger partial charge in [-0.2, -0.15) is 0 Å². The van der Waals surface area contributed by atoms with E-state index < -0.39 is 0 Å². The summed E-state index contributed by atoms with van der Waals surface area (Å²) in [5, 5.41) is 2.90. The van der Waals surface area contributed by atoms with Gasteiger partial charge in [0.25, 0.3) is 0 Å². The van der Waals surface area contributed by atoms with Crippen LogP contribution in [0.1, 0.15) is 17.2 Å². The third-order valence-electron chi connectivity index (χ3n) is 2.32. The fourth-order valence-corrected chi connectivity index (χ4v) is 2.93. The van der Waals surface area contributed by atoms with Crippen molar-refractivity contribution in [2.45, 2.75) is 11.7 Å². The fraction of sp³-hybridized carbons (Fsp3) is 0.364. The Kier molecular flexibility index (Phi) is 3.70. The molecule has 1 aromatic rings. The molecular weight excluding hydrogens is 274 g/mol. The van der Waals surface area contributed by atoms with Crippen molar-refractivity contribution in [2.75, 3.05) is 12.3 Å². The smallest absolute Gasteiger partial charge is 0.237 e. The van der Waals surface area contributed by atoms with Gasteiger partial charge in [-0.1, -0.05) is 28.1 Å². The highest BCUT2D eigenvalue weighted by molar-refractivity contribution is 9.10. The second-order valence-electron chi connectivity index (χ2n) is 3.45. The molecular formula is C11H12BrNOS. The molecule has 0 saturated carbocycles. The molecule has 0 aliphatic carbocycles. The molecule has 0 aromatic heterocycles. The number of amides is 1. The van der Waals surface area contributed by atoms with Gasteiger partial charge in [0, 0.05) is 11.0 Å². The molecule has 0 spiro atoms. The van der Waals surface area contributed by atoms with Crippen molar-refractivity contribution in [1.29, 1.82) is 0 Å². The van der Waals surface area contributed by atoms with E-state index in [-0.39, 0.29) is 11.2 Å². The summed E-state index contributed by atoms with van der Waals surface area (Å²) >= 11 is 5.12. The molecule has 1 aromatic carbocycles. The molecule has 15 heavy (non-hydrogen) atoms. The minimum Gasteiger partial charge on any atom is -0.355 e. The zero-order chi connectivity index (χ0) is 10.7. The summed E-state index contributed by atoms with van der Waals surface area (Å²) in [4.78, 5) is 11.8. The van der Waals surface area contributed by atoms with Gasteiger partial charge in [0.1, 0.15) is 5.25 Å². The molecule has 4 heteroatoms. The van der Waals surface area contributed by atoms with Gasteiger partial charge in [0.05, 0.1) is 0 Å². The van der Waals surface area contributed by atoms with Gasteiger partial charge < -0.3 is 5.32 Å². The van der Waals surface area contributed by atoms with Crippen molar-refractivity contribution in [3.63, 3.8) is 0 Å². The summed E-state index contributed by atoms with van der Waals surface area (Å²) in [6.45, 7) is 0.804. The van der Waals surface area contributed by atoms with Crippen LogP contribution in [0.15, 0.2) is 28.7 Å². The molecule has 1 saturated heterocycles. The first-order valence-electron chi connectivity index (χ1n) is 4.92. The summed E-state index contributed by atoms with van der Waals surface area (Å²) < 4.78 is 1.05. The number of halogens is 1. The Morgan fingerprint density at radius 3 is 2.80 bits per heavy atom. The van der Waals surface area contributed by atoms with Crippen molar-refractivity contribution >= 4 is 33.6 Å². The first-order chi connectivity index (χ1) is 7.27. The highest BCUT2D eigenvalue weighted by atomic mass is 79.9. The maximum atomic E-state index is 11.8. The zero-order valence-electron chi connectivity index (χ0n) is 8.20. The maximum Gasteiger partial charge on any atom is 0.237 e. The van der Waals surface area contributed by atoms with Gasteiger partial charge in [0.15, 0.2) is 0 Å². The number of nitrogens with one attached hydrogen (secondary N) is 1. The van der Waals surface area contributed by atoms with Crippen molar-refractivity contribution in [2.24, 2.45) is 0 Å². The second kappa shape index (κ2) is 5.03. The molecule has 1 atom stereocenters. The van der Waals surface area contributed by atoms with E-state index in [2.05, 4.69) is 21.2 Å². The number of hydrogen-bond acceptors (Lipinski definition) is 2. The molecule has 80 valence electrons. The van der Waals surface area contributed by atoms with Crippen LogP contribution in [0.25, 0.3) is 0 Å². The SMILES string of the molecule is O=C1NCCCS[C@@H]1c1ccc(Br)cc1. The minimum absolute atomic E-state index is 0.0411. The second-order valence-corrected chi connectivity index (χ2v) is 5.58. The molecule has 1 fully saturated rings. The van der Waals surface area contributed by atoms with Gasteiger partial charge in [-0.3, -0.25) is 4.79 Å². The lowest BCUT2D eigenvalue weighted by molar-refractivity contribution is -0.120. The standard InChI is InChI=1S/C11H12BrNOS/c12-9-4-2-8(3-5-9)10-11(14)13-6-1-7-15-10/h2-5,10H,1,6-7H2,(H,13,14)/t10-/m1/s1. The van der Waals surface area contributed by atoms with E-state index in [4.69, 9.17) is 0 Å². The Bertz CT molecular complexity index is 352. The molecule has 1 amide bonds. The molecule has 0 bridgehead atoms. The monoisotopic (exact) mass is 285 g/mol. The summed E-state index contributed by atoms with van der Waals surface area (Å²) in [5.41, 5.74) is 1.09. The van der Waals surface area contributed by atoms with E-state index in [1.165, 1.54) is 0 Å². The van der Waals surface area contributed by atoms with E-state index >= 15 is 0 Å².